The van der Waals surface area contributed by atoms with Gasteiger partial charge in [0.15, 0.2) is 18.1 Å². The molecule has 0 aliphatic rings. The topological polar surface area (TPSA) is 97.7 Å². The van der Waals surface area contributed by atoms with Crippen LogP contribution in [0, 0.1) is 11.3 Å². The lowest BCUT2D eigenvalue weighted by molar-refractivity contribution is -0.136. The minimum atomic E-state index is -0.655. The van der Waals surface area contributed by atoms with Crippen molar-refractivity contribution in [2.45, 2.75) is 0 Å². The fourth-order valence-electron chi connectivity index (χ4n) is 2.28. The number of esters is 1. The van der Waals surface area contributed by atoms with E-state index in [0.717, 1.165) is 0 Å². The Bertz CT molecular complexity index is 1010. The van der Waals surface area contributed by atoms with Crippen LogP contribution in [0.15, 0.2) is 60.7 Å². The number of benzene rings is 2. The quantitative estimate of drug-likeness (QED) is 0.216. The Hall–Kier alpha value is -3.76. The molecule has 0 saturated heterocycles. The second-order valence-corrected chi connectivity index (χ2v) is 6.18. The smallest absolute Gasteiger partial charge is 0.349 e. The highest BCUT2D eigenvalue weighted by Crippen LogP contribution is 2.29. The van der Waals surface area contributed by atoms with Crippen LogP contribution in [-0.2, 0) is 9.59 Å². The molecule has 2 rings (SSSR count). The van der Waals surface area contributed by atoms with E-state index in [1.54, 1.807) is 30.3 Å². The van der Waals surface area contributed by atoms with Gasteiger partial charge in [-0.3, -0.25) is 4.79 Å². The molecular formula is C22H19ClN2O5. The number of methoxy groups -OCH3 is 1. The number of ether oxygens (including phenoxy) is 3. The Morgan fingerprint density at radius 1 is 1.20 bits per heavy atom. The molecule has 2 aromatic carbocycles. The average molecular weight is 427 g/mol. The van der Waals surface area contributed by atoms with Gasteiger partial charge < -0.3 is 19.5 Å². The Kier molecular flexibility index (Phi) is 8.48. The summed E-state index contributed by atoms with van der Waals surface area (Å²) in [4.78, 5) is 24.0. The number of carbonyl (C=O) groups excluding carboxylic acids is 2. The van der Waals surface area contributed by atoms with E-state index in [-0.39, 0.29) is 30.2 Å². The van der Waals surface area contributed by atoms with E-state index in [1.807, 2.05) is 6.07 Å². The summed E-state index contributed by atoms with van der Waals surface area (Å²) >= 11 is 5.98. The van der Waals surface area contributed by atoms with E-state index >= 15 is 0 Å². The molecule has 2 aromatic rings. The van der Waals surface area contributed by atoms with Crippen molar-refractivity contribution in [2.75, 3.05) is 20.3 Å². The molecule has 0 radical (unpaired) electrons. The first kappa shape index (κ1) is 22.5. The zero-order chi connectivity index (χ0) is 21.9. The van der Waals surface area contributed by atoms with Crippen LogP contribution in [0.3, 0.4) is 0 Å². The Morgan fingerprint density at radius 2 is 1.97 bits per heavy atom. The van der Waals surface area contributed by atoms with Gasteiger partial charge >= 0.3 is 5.97 Å². The number of nitrogens with zero attached hydrogens (tertiary/aromatic N) is 1. The molecule has 0 heterocycles. The van der Waals surface area contributed by atoms with Crippen LogP contribution in [0.1, 0.15) is 5.56 Å². The van der Waals surface area contributed by atoms with Gasteiger partial charge in [0.05, 0.1) is 12.1 Å². The van der Waals surface area contributed by atoms with Crippen molar-refractivity contribution in [3.05, 3.63) is 71.3 Å². The molecule has 0 aliphatic carbocycles. The number of hydrogen-bond acceptors (Lipinski definition) is 6. The van der Waals surface area contributed by atoms with Crippen molar-refractivity contribution >= 4 is 29.6 Å². The van der Waals surface area contributed by atoms with Gasteiger partial charge in [-0.2, -0.15) is 5.26 Å². The van der Waals surface area contributed by atoms with Gasteiger partial charge in [-0.15, -0.1) is 6.58 Å². The highest BCUT2D eigenvalue weighted by molar-refractivity contribution is 6.32. The van der Waals surface area contributed by atoms with Crippen molar-refractivity contribution in [3.8, 4) is 23.3 Å². The predicted molar refractivity (Wildman–Crippen MR) is 112 cm³/mol. The number of rotatable bonds is 9. The Morgan fingerprint density at radius 3 is 2.63 bits per heavy atom. The van der Waals surface area contributed by atoms with E-state index in [1.165, 1.54) is 31.4 Å². The van der Waals surface area contributed by atoms with Crippen molar-refractivity contribution < 1.29 is 23.8 Å². The summed E-state index contributed by atoms with van der Waals surface area (Å²) < 4.78 is 15.9. The maximum absolute atomic E-state index is 12.1. The number of para-hydroxylation sites is 1. The van der Waals surface area contributed by atoms with Gasteiger partial charge in [0.1, 0.15) is 17.4 Å². The van der Waals surface area contributed by atoms with Crippen molar-refractivity contribution in [1.29, 1.82) is 5.26 Å². The Labute approximate surface area is 179 Å². The van der Waals surface area contributed by atoms with Gasteiger partial charge in [-0.05, 0) is 35.9 Å². The maximum Gasteiger partial charge on any atom is 0.349 e. The van der Waals surface area contributed by atoms with E-state index in [4.69, 9.17) is 25.8 Å². The normalized spacial score (nSPS) is 10.5. The first-order valence-electron chi connectivity index (χ1n) is 8.75. The molecular weight excluding hydrogens is 408 g/mol. The van der Waals surface area contributed by atoms with Gasteiger partial charge in [-0.1, -0.05) is 35.9 Å². The van der Waals surface area contributed by atoms with Crippen molar-refractivity contribution in [3.63, 3.8) is 0 Å². The molecule has 0 bridgehead atoms. The highest BCUT2D eigenvalue weighted by Gasteiger charge is 2.13. The first-order valence-corrected chi connectivity index (χ1v) is 9.13. The lowest BCUT2D eigenvalue weighted by atomic mass is 10.1. The van der Waals surface area contributed by atoms with Crippen LogP contribution in [0.4, 0.5) is 0 Å². The lowest BCUT2D eigenvalue weighted by Gasteiger charge is -2.11. The number of nitrogens with one attached hydrogen (secondary N) is 1. The minimum Gasteiger partial charge on any atom is -0.493 e. The lowest BCUT2D eigenvalue weighted by Crippen LogP contribution is -2.24. The van der Waals surface area contributed by atoms with Crippen LogP contribution in [0.2, 0.25) is 5.02 Å². The molecule has 0 aromatic heterocycles. The molecule has 0 fully saturated rings. The molecule has 0 spiro atoms. The molecule has 0 unspecified atom stereocenters. The van der Waals surface area contributed by atoms with E-state index in [0.29, 0.717) is 16.3 Å². The average Bonchev–Trinajstić information content (AvgIpc) is 2.76. The van der Waals surface area contributed by atoms with E-state index in [9.17, 15) is 14.9 Å². The van der Waals surface area contributed by atoms with Gasteiger partial charge in [-0.25, -0.2) is 4.79 Å². The molecule has 7 nitrogen and oxygen atoms in total. The molecule has 30 heavy (non-hydrogen) atoms. The second kappa shape index (κ2) is 11.3. The maximum atomic E-state index is 12.1. The molecule has 0 atom stereocenters. The first-order chi connectivity index (χ1) is 14.5. The molecule has 0 aliphatic heterocycles. The van der Waals surface area contributed by atoms with Gasteiger partial charge in [0.25, 0.3) is 5.91 Å². The SMILES string of the molecule is C=CCNC(=O)/C(C#N)=C/c1ccc(OC(=O)COc2ccccc2Cl)c(OC)c1. The van der Waals surface area contributed by atoms with Crippen molar-refractivity contribution in [2.24, 2.45) is 0 Å². The van der Waals surface area contributed by atoms with Crippen LogP contribution in [-0.4, -0.2) is 32.1 Å². The summed E-state index contributed by atoms with van der Waals surface area (Å²) in [6, 6.07) is 13.2. The van der Waals surface area contributed by atoms with Gasteiger partial charge in [0, 0.05) is 6.54 Å². The molecule has 0 saturated carbocycles. The van der Waals surface area contributed by atoms with Gasteiger partial charge in [0.2, 0.25) is 0 Å². The van der Waals surface area contributed by atoms with E-state index < -0.39 is 11.9 Å². The molecule has 8 heteroatoms. The standard InChI is InChI=1S/C22H19ClN2O5/c1-3-10-25-22(27)16(13-24)11-15-8-9-19(20(12-15)28-2)30-21(26)14-29-18-7-5-4-6-17(18)23/h3-9,11-12H,1,10,14H2,2H3,(H,25,27)/b16-11+. The second-order valence-electron chi connectivity index (χ2n) is 5.77. The third kappa shape index (κ3) is 6.40. The van der Waals surface area contributed by atoms with Crippen molar-refractivity contribution in [1.82, 2.24) is 5.32 Å². The zero-order valence-corrected chi connectivity index (χ0v) is 16.9. The molecule has 1 amide bonds. The summed E-state index contributed by atoms with van der Waals surface area (Å²) in [5.41, 5.74) is 0.432. The van der Waals surface area contributed by atoms with E-state index in [2.05, 4.69) is 11.9 Å². The number of amides is 1. The molecule has 1 N–H and O–H groups in total. The number of halogens is 1. The fourth-order valence-corrected chi connectivity index (χ4v) is 2.47. The Balaban J connectivity index is 2.09. The zero-order valence-electron chi connectivity index (χ0n) is 16.2. The monoisotopic (exact) mass is 426 g/mol. The summed E-state index contributed by atoms with van der Waals surface area (Å²) in [6.07, 6.45) is 2.90. The summed E-state index contributed by atoms with van der Waals surface area (Å²) in [5.74, 6) is -0.403. The number of nitriles is 1. The minimum absolute atomic E-state index is 0.0863. The molecule has 154 valence electrons. The largest absolute Gasteiger partial charge is 0.493 e. The van der Waals surface area contributed by atoms with Crippen LogP contribution >= 0.6 is 11.6 Å². The summed E-state index contributed by atoms with van der Waals surface area (Å²) in [5, 5.41) is 12.1. The number of hydrogen-bond donors (Lipinski definition) is 1. The fraction of sp³-hybridized carbons (Fsp3) is 0.136. The third-order valence-corrected chi connectivity index (χ3v) is 3.99. The van der Waals surface area contributed by atoms with Crippen LogP contribution in [0.25, 0.3) is 6.08 Å². The highest BCUT2D eigenvalue weighted by atomic mass is 35.5. The predicted octanol–water partition coefficient (Wildman–Crippen LogP) is 3.54. The van der Waals surface area contributed by atoms with Crippen LogP contribution < -0.4 is 19.5 Å². The summed E-state index contributed by atoms with van der Waals surface area (Å²) in [6.45, 7) is 3.39. The number of carbonyl (C=O) groups is 2. The summed E-state index contributed by atoms with van der Waals surface area (Å²) in [7, 11) is 1.41. The van der Waals surface area contributed by atoms with Crippen LogP contribution in [0.5, 0.6) is 17.2 Å². The third-order valence-electron chi connectivity index (χ3n) is 3.68.